The van der Waals surface area contributed by atoms with Gasteiger partial charge in [0.25, 0.3) is 0 Å². The van der Waals surface area contributed by atoms with Crippen molar-refractivity contribution in [2.45, 2.75) is 26.7 Å². The van der Waals surface area contributed by atoms with E-state index < -0.39 is 0 Å². The van der Waals surface area contributed by atoms with E-state index in [1.807, 2.05) is 12.1 Å². The SMILES string of the molecule is CC(=Cc1ccc(F)cc1)n1c2c(c3cc(C)ccc31)CCN(C)CC2. The second-order valence-electron chi connectivity index (χ2n) is 7.42. The van der Waals surface area contributed by atoms with Gasteiger partial charge in [0.2, 0.25) is 0 Å². The van der Waals surface area contributed by atoms with Crippen LogP contribution in [0.15, 0.2) is 42.5 Å². The van der Waals surface area contributed by atoms with Crippen LogP contribution in [0.3, 0.4) is 0 Å². The van der Waals surface area contributed by atoms with E-state index in [-0.39, 0.29) is 5.82 Å². The first-order valence-corrected chi connectivity index (χ1v) is 9.28. The molecule has 1 aliphatic rings. The van der Waals surface area contributed by atoms with Gasteiger partial charge in [0.1, 0.15) is 5.82 Å². The molecular formula is C23H25FN2. The number of nitrogens with zero attached hydrogens (tertiary/aromatic N) is 2. The number of hydrogen-bond donors (Lipinski definition) is 0. The van der Waals surface area contributed by atoms with Crippen LogP contribution in [0.5, 0.6) is 0 Å². The Labute approximate surface area is 154 Å². The molecule has 2 aromatic carbocycles. The van der Waals surface area contributed by atoms with Crippen LogP contribution in [0.1, 0.15) is 29.3 Å². The van der Waals surface area contributed by atoms with Crippen molar-refractivity contribution in [3.8, 4) is 0 Å². The highest BCUT2D eigenvalue weighted by atomic mass is 19.1. The smallest absolute Gasteiger partial charge is 0.123 e. The molecule has 0 saturated heterocycles. The van der Waals surface area contributed by atoms with Crippen molar-refractivity contribution >= 4 is 22.7 Å². The first-order valence-electron chi connectivity index (χ1n) is 9.28. The van der Waals surface area contributed by atoms with Crippen LogP contribution < -0.4 is 0 Å². The predicted molar refractivity (Wildman–Crippen MR) is 108 cm³/mol. The maximum absolute atomic E-state index is 13.2. The molecular weight excluding hydrogens is 323 g/mol. The molecule has 0 radical (unpaired) electrons. The highest BCUT2D eigenvalue weighted by Gasteiger charge is 2.21. The second-order valence-corrected chi connectivity index (χ2v) is 7.42. The number of allylic oxidation sites excluding steroid dienone is 1. The summed E-state index contributed by atoms with van der Waals surface area (Å²) in [6.07, 6.45) is 4.28. The van der Waals surface area contributed by atoms with Crippen molar-refractivity contribution in [3.63, 3.8) is 0 Å². The van der Waals surface area contributed by atoms with Gasteiger partial charge in [-0.3, -0.25) is 0 Å². The first-order chi connectivity index (χ1) is 12.5. The summed E-state index contributed by atoms with van der Waals surface area (Å²) in [5.41, 5.74) is 7.69. The summed E-state index contributed by atoms with van der Waals surface area (Å²) < 4.78 is 15.6. The Balaban J connectivity index is 1.90. The fourth-order valence-corrected chi connectivity index (χ4v) is 4.04. The van der Waals surface area contributed by atoms with Gasteiger partial charge in [0.05, 0.1) is 5.52 Å². The van der Waals surface area contributed by atoms with E-state index in [0.717, 1.165) is 31.5 Å². The van der Waals surface area contributed by atoms with Gasteiger partial charge in [-0.2, -0.15) is 0 Å². The van der Waals surface area contributed by atoms with Crippen LogP contribution in [0.25, 0.3) is 22.7 Å². The lowest BCUT2D eigenvalue weighted by atomic mass is 10.1. The molecule has 1 aromatic heterocycles. The molecule has 3 heteroatoms. The number of aromatic nitrogens is 1. The third-order valence-corrected chi connectivity index (χ3v) is 5.41. The lowest BCUT2D eigenvalue weighted by Crippen LogP contribution is -2.21. The van der Waals surface area contributed by atoms with Gasteiger partial charge in [-0.05, 0) is 68.8 Å². The largest absolute Gasteiger partial charge is 0.317 e. The summed E-state index contributed by atoms with van der Waals surface area (Å²) >= 11 is 0. The molecule has 2 nitrogen and oxygen atoms in total. The number of benzene rings is 2. The molecule has 0 unspecified atom stereocenters. The summed E-state index contributed by atoms with van der Waals surface area (Å²) in [6, 6.07) is 13.5. The minimum Gasteiger partial charge on any atom is -0.317 e. The van der Waals surface area contributed by atoms with Crippen LogP contribution in [0.2, 0.25) is 0 Å². The summed E-state index contributed by atoms with van der Waals surface area (Å²) in [5, 5.41) is 1.38. The zero-order chi connectivity index (χ0) is 18.3. The van der Waals surface area contributed by atoms with E-state index in [1.54, 1.807) is 0 Å². The van der Waals surface area contributed by atoms with Crippen LogP contribution in [-0.2, 0) is 12.8 Å². The van der Waals surface area contributed by atoms with Crippen molar-refractivity contribution in [2.75, 3.05) is 20.1 Å². The molecule has 0 aliphatic carbocycles. The van der Waals surface area contributed by atoms with E-state index in [0.29, 0.717) is 0 Å². The Morgan fingerprint density at radius 2 is 1.77 bits per heavy atom. The zero-order valence-electron chi connectivity index (χ0n) is 15.7. The minimum atomic E-state index is -0.196. The second kappa shape index (κ2) is 6.73. The van der Waals surface area contributed by atoms with Gasteiger partial charge in [0.15, 0.2) is 0 Å². The van der Waals surface area contributed by atoms with E-state index in [1.165, 1.54) is 45.6 Å². The van der Waals surface area contributed by atoms with E-state index in [4.69, 9.17) is 0 Å². The third kappa shape index (κ3) is 3.08. The van der Waals surface area contributed by atoms with E-state index in [2.05, 4.69) is 54.6 Å². The number of rotatable bonds is 2. The van der Waals surface area contributed by atoms with Crippen molar-refractivity contribution < 1.29 is 4.39 Å². The first kappa shape index (κ1) is 17.0. The summed E-state index contributed by atoms with van der Waals surface area (Å²) in [6.45, 7) is 6.48. The maximum Gasteiger partial charge on any atom is 0.123 e. The summed E-state index contributed by atoms with van der Waals surface area (Å²) in [5.74, 6) is -0.196. The Hall–Kier alpha value is -2.39. The molecule has 0 bridgehead atoms. The molecule has 0 saturated carbocycles. The minimum absolute atomic E-state index is 0.196. The fraction of sp³-hybridized carbons (Fsp3) is 0.304. The van der Waals surface area contributed by atoms with Gasteiger partial charge < -0.3 is 9.47 Å². The van der Waals surface area contributed by atoms with Crippen molar-refractivity contribution in [1.82, 2.24) is 9.47 Å². The van der Waals surface area contributed by atoms with Crippen LogP contribution in [0, 0.1) is 12.7 Å². The molecule has 3 aromatic rings. The highest BCUT2D eigenvalue weighted by molar-refractivity contribution is 5.91. The monoisotopic (exact) mass is 348 g/mol. The fourth-order valence-electron chi connectivity index (χ4n) is 4.04. The van der Waals surface area contributed by atoms with Gasteiger partial charge >= 0.3 is 0 Å². The van der Waals surface area contributed by atoms with E-state index >= 15 is 0 Å². The number of fused-ring (bicyclic) bond motifs is 3. The van der Waals surface area contributed by atoms with Gasteiger partial charge in [0, 0.05) is 36.3 Å². The normalized spacial score (nSPS) is 15.9. The van der Waals surface area contributed by atoms with Crippen LogP contribution >= 0.6 is 0 Å². The third-order valence-electron chi connectivity index (χ3n) is 5.41. The van der Waals surface area contributed by atoms with E-state index in [9.17, 15) is 4.39 Å². The van der Waals surface area contributed by atoms with Crippen molar-refractivity contribution in [2.24, 2.45) is 0 Å². The maximum atomic E-state index is 13.2. The van der Waals surface area contributed by atoms with Gasteiger partial charge in [-0.15, -0.1) is 0 Å². The number of hydrogen-bond acceptors (Lipinski definition) is 1. The quantitative estimate of drug-likeness (QED) is 0.623. The molecule has 26 heavy (non-hydrogen) atoms. The van der Waals surface area contributed by atoms with Gasteiger partial charge in [-0.1, -0.05) is 23.8 Å². The highest BCUT2D eigenvalue weighted by Crippen LogP contribution is 2.33. The average Bonchev–Trinajstić information content (AvgIpc) is 2.79. The molecule has 0 N–H and O–H groups in total. The standard InChI is InChI=1S/C23H25FN2/c1-16-4-9-22-21(14-16)20-10-12-25(3)13-11-23(20)26(22)17(2)15-18-5-7-19(24)8-6-18/h4-9,14-15H,10-13H2,1-3H3. The molecule has 4 rings (SSSR count). The van der Waals surface area contributed by atoms with Crippen molar-refractivity contribution in [1.29, 1.82) is 0 Å². The van der Waals surface area contributed by atoms with Crippen LogP contribution in [0.4, 0.5) is 4.39 Å². The lowest BCUT2D eigenvalue weighted by molar-refractivity contribution is 0.351. The van der Waals surface area contributed by atoms with Gasteiger partial charge in [-0.25, -0.2) is 4.39 Å². The number of aryl methyl sites for hydroxylation is 1. The molecule has 0 atom stereocenters. The molecule has 0 spiro atoms. The summed E-state index contributed by atoms with van der Waals surface area (Å²) in [7, 11) is 2.20. The van der Waals surface area contributed by atoms with Crippen molar-refractivity contribution in [3.05, 3.63) is 70.7 Å². The Morgan fingerprint density at radius 3 is 2.54 bits per heavy atom. The zero-order valence-corrected chi connectivity index (χ0v) is 15.7. The molecule has 0 fully saturated rings. The predicted octanol–water partition coefficient (Wildman–Crippen LogP) is 5.14. The molecule has 2 heterocycles. The number of likely N-dealkylation sites (N-methyl/N-ethyl adjacent to an activating group) is 1. The average molecular weight is 348 g/mol. The lowest BCUT2D eigenvalue weighted by Gasteiger charge is -2.14. The number of halogens is 1. The Morgan fingerprint density at radius 1 is 1.04 bits per heavy atom. The molecule has 134 valence electrons. The Kier molecular flexibility index (Phi) is 4.41. The van der Waals surface area contributed by atoms with Crippen LogP contribution in [-0.4, -0.2) is 29.6 Å². The summed E-state index contributed by atoms with van der Waals surface area (Å²) in [4.78, 5) is 2.41. The topological polar surface area (TPSA) is 8.17 Å². The molecule has 1 aliphatic heterocycles. The Bertz CT molecular complexity index is 980. The molecule has 0 amide bonds.